The molecule has 0 fully saturated rings. The molecule has 0 spiro atoms. The van der Waals surface area contributed by atoms with Crippen molar-refractivity contribution in [2.45, 2.75) is 13.8 Å². The zero-order valence-electron chi connectivity index (χ0n) is 15.2. The molecule has 0 aliphatic heterocycles. The van der Waals surface area contributed by atoms with Crippen molar-refractivity contribution < 1.29 is 4.57 Å². The minimum absolute atomic E-state index is 1.23. The first-order chi connectivity index (χ1) is 12.1. The Labute approximate surface area is 149 Å². The Morgan fingerprint density at radius 3 is 2.32 bits per heavy atom. The molecule has 4 rings (SSSR count). The van der Waals surface area contributed by atoms with Crippen LogP contribution in [0.2, 0.25) is 0 Å². The highest BCUT2D eigenvalue weighted by Crippen LogP contribution is 2.29. The fourth-order valence-electron chi connectivity index (χ4n) is 3.67. The molecule has 0 aliphatic rings. The molecule has 124 valence electrons. The quantitative estimate of drug-likeness (QED) is 0.460. The molecule has 0 saturated heterocycles. The Bertz CT molecular complexity index is 1070. The van der Waals surface area contributed by atoms with E-state index in [9.17, 15) is 0 Å². The van der Waals surface area contributed by atoms with Crippen LogP contribution in [0.1, 0.15) is 11.1 Å². The monoisotopic (exact) mass is 327 g/mol. The maximum atomic E-state index is 2.31. The molecule has 0 atom stereocenters. The number of rotatable bonds is 2. The van der Waals surface area contributed by atoms with Gasteiger partial charge in [0.2, 0.25) is 0 Å². The third-order valence-corrected chi connectivity index (χ3v) is 5.07. The summed E-state index contributed by atoms with van der Waals surface area (Å²) >= 11 is 0. The van der Waals surface area contributed by atoms with Crippen LogP contribution in [-0.2, 0) is 14.1 Å². The molecule has 1 heterocycles. The first-order valence-corrected chi connectivity index (χ1v) is 8.68. The van der Waals surface area contributed by atoms with Gasteiger partial charge in [0, 0.05) is 0 Å². The predicted octanol–water partition coefficient (Wildman–Crippen LogP) is 4.95. The molecular formula is C23H23N2+. The Hall–Kier alpha value is -2.87. The molecule has 0 N–H and O–H groups in total. The van der Waals surface area contributed by atoms with Crippen molar-refractivity contribution in [3.05, 3.63) is 77.9 Å². The van der Waals surface area contributed by atoms with Crippen LogP contribution in [0.25, 0.3) is 33.5 Å². The van der Waals surface area contributed by atoms with Gasteiger partial charge in [0.1, 0.15) is 0 Å². The molecule has 0 bridgehead atoms. The number of hydrogen-bond acceptors (Lipinski definition) is 0. The lowest BCUT2D eigenvalue weighted by Crippen LogP contribution is -2.30. The molecule has 0 saturated carbocycles. The number of hydrogen-bond donors (Lipinski definition) is 0. The molecule has 2 nitrogen and oxygen atoms in total. The van der Waals surface area contributed by atoms with Crippen LogP contribution >= 0.6 is 0 Å². The highest BCUT2D eigenvalue weighted by Gasteiger charge is 2.23. The van der Waals surface area contributed by atoms with Crippen molar-refractivity contribution in [1.29, 1.82) is 0 Å². The van der Waals surface area contributed by atoms with Gasteiger partial charge in [-0.1, -0.05) is 48.5 Å². The second-order valence-corrected chi connectivity index (χ2v) is 6.83. The van der Waals surface area contributed by atoms with E-state index in [0.717, 1.165) is 0 Å². The molecule has 3 aromatic carbocycles. The van der Waals surface area contributed by atoms with E-state index in [1.54, 1.807) is 0 Å². The highest BCUT2D eigenvalue weighted by atomic mass is 15.1. The molecule has 0 unspecified atom stereocenters. The molecule has 0 amide bonds. The van der Waals surface area contributed by atoms with Gasteiger partial charge in [-0.2, -0.15) is 0 Å². The fraction of sp³-hybridized carbons (Fsp3) is 0.174. The molecule has 1 aromatic heterocycles. The molecule has 4 aromatic rings. The van der Waals surface area contributed by atoms with Crippen LogP contribution in [0.5, 0.6) is 0 Å². The first kappa shape index (κ1) is 15.6. The summed E-state index contributed by atoms with van der Waals surface area (Å²) in [6.45, 7) is 4.33. The number of aryl methyl sites for hydroxylation is 4. The van der Waals surface area contributed by atoms with E-state index in [2.05, 4.69) is 104 Å². The predicted molar refractivity (Wildman–Crippen MR) is 104 cm³/mol. The lowest BCUT2D eigenvalue weighted by Gasteiger charge is -2.08. The first-order valence-electron chi connectivity index (χ1n) is 8.68. The summed E-state index contributed by atoms with van der Waals surface area (Å²) in [4.78, 5) is 0. The standard InChI is InChI=1S/C23H23N2/c1-16-10-13-21-22(14-16)25(4)23(24(21)3)20-15-19(12-11-17(20)2)18-8-6-5-7-9-18/h5-15H,1-4H3/q+1. The van der Waals surface area contributed by atoms with Gasteiger partial charge in [-0.25, -0.2) is 9.13 Å². The maximum Gasteiger partial charge on any atom is 0.289 e. The Morgan fingerprint density at radius 2 is 1.56 bits per heavy atom. The zero-order chi connectivity index (χ0) is 17.6. The van der Waals surface area contributed by atoms with Crippen molar-refractivity contribution in [3.63, 3.8) is 0 Å². The average Bonchev–Trinajstić information content (AvgIpc) is 2.87. The number of fused-ring (bicyclic) bond motifs is 1. The SMILES string of the molecule is Cc1ccc2c(c1)[n+](C)c(-c1cc(-c3ccccc3)ccc1C)n2C. The van der Waals surface area contributed by atoms with Gasteiger partial charge in [-0.05, 0) is 54.3 Å². The Balaban J connectivity index is 1.98. The minimum atomic E-state index is 1.23. The van der Waals surface area contributed by atoms with E-state index >= 15 is 0 Å². The second kappa shape index (κ2) is 5.89. The summed E-state index contributed by atoms with van der Waals surface area (Å²) < 4.78 is 4.60. The van der Waals surface area contributed by atoms with E-state index in [1.807, 2.05) is 0 Å². The third kappa shape index (κ3) is 2.54. The number of aromatic nitrogens is 2. The van der Waals surface area contributed by atoms with Gasteiger partial charge in [0.25, 0.3) is 5.82 Å². The third-order valence-electron chi connectivity index (χ3n) is 5.07. The van der Waals surface area contributed by atoms with E-state index < -0.39 is 0 Å². The fourth-order valence-corrected chi connectivity index (χ4v) is 3.67. The van der Waals surface area contributed by atoms with E-state index in [0.29, 0.717) is 0 Å². The molecular weight excluding hydrogens is 304 g/mol. The Morgan fingerprint density at radius 1 is 0.800 bits per heavy atom. The number of nitrogens with zero attached hydrogens (tertiary/aromatic N) is 2. The second-order valence-electron chi connectivity index (χ2n) is 6.83. The van der Waals surface area contributed by atoms with Crippen LogP contribution in [0.3, 0.4) is 0 Å². The largest absolute Gasteiger partial charge is 0.289 e. The van der Waals surface area contributed by atoms with Crippen molar-refractivity contribution in [2.24, 2.45) is 14.1 Å². The van der Waals surface area contributed by atoms with Gasteiger partial charge in [0.15, 0.2) is 11.0 Å². The van der Waals surface area contributed by atoms with Crippen LogP contribution in [0.4, 0.5) is 0 Å². The smallest absolute Gasteiger partial charge is 0.226 e. The lowest BCUT2D eigenvalue weighted by molar-refractivity contribution is -0.634. The van der Waals surface area contributed by atoms with E-state index in [4.69, 9.17) is 0 Å². The molecule has 2 heteroatoms. The summed E-state index contributed by atoms with van der Waals surface area (Å²) in [7, 11) is 4.31. The zero-order valence-corrected chi connectivity index (χ0v) is 15.2. The normalized spacial score (nSPS) is 11.2. The van der Waals surface area contributed by atoms with Gasteiger partial charge < -0.3 is 0 Å². The van der Waals surface area contributed by atoms with Crippen molar-refractivity contribution in [3.8, 4) is 22.5 Å². The van der Waals surface area contributed by atoms with Gasteiger partial charge in [-0.15, -0.1) is 0 Å². The molecule has 0 aliphatic carbocycles. The summed E-state index contributed by atoms with van der Waals surface area (Å²) in [6, 6.07) is 24.0. The topological polar surface area (TPSA) is 8.81 Å². The van der Waals surface area contributed by atoms with Crippen molar-refractivity contribution in [1.82, 2.24) is 4.57 Å². The van der Waals surface area contributed by atoms with Crippen LogP contribution in [-0.4, -0.2) is 4.57 Å². The highest BCUT2D eigenvalue weighted by molar-refractivity contribution is 5.79. The van der Waals surface area contributed by atoms with Crippen LogP contribution in [0, 0.1) is 13.8 Å². The Kier molecular flexibility index (Phi) is 3.69. The van der Waals surface area contributed by atoms with Crippen LogP contribution in [0.15, 0.2) is 66.7 Å². The van der Waals surface area contributed by atoms with Gasteiger partial charge >= 0.3 is 0 Å². The van der Waals surface area contributed by atoms with Crippen molar-refractivity contribution >= 4 is 11.0 Å². The lowest BCUT2D eigenvalue weighted by atomic mass is 9.99. The van der Waals surface area contributed by atoms with Crippen molar-refractivity contribution in [2.75, 3.05) is 0 Å². The molecule has 0 radical (unpaired) electrons. The summed E-state index contributed by atoms with van der Waals surface area (Å²) in [5.41, 5.74) is 8.88. The van der Waals surface area contributed by atoms with Gasteiger partial charge in [-0.3, -0.25) is 0 Å². The van der Waals surface area contributed by atoms with Gasteiger partial charge in [0.05, 0.1) is 19.7 Å². The summed E-state index contributed by atoms with van der Waals surface area (Å²) in [5.74, 6) is 1.23. The summed E-state index contributed by atoms with van der Waals surface area (Å²) in [5, 5.41) is 0. The number of benzene rings is 3. The summed E-state index contributed by atoms with van der Waals surface area (Å²) in [6.07, 6.45) is 0. The van der Waals surface area contributed by atoms with E-state index in [-0.39, 0.29) is 0 Å². The van der Waals surface area contributed by atoms with Crippen LogP contribution < -0.4 is 4.57 Å². The maximum absolute atomic E-state index is 2.31. The number of imidazole rings is 1. The van der Waals surface area contributed by atoms with E-state index in [1.165, 1.54) is 44.7 Å². The minimum Gasteiger partial charge on any atom is -0.226 e. The average molecular weight is 327 g/mol. The molecule has 25 heavy (non-hydrogen) atoms.